The van der Waals surface area contributed by atoms with Crippen molar-refractivity contribution >= 4 is 28.8 Å². The van der Waals surface area contributed by atoms with Crippen LogP contribution in [-0.4, -0.2) is 30.4 Å². The fraction of sp³-hybridized carbons (Fsp3) is 0.143. The number of fused-ring (bicyclic) bond motifs is 1. The lowest BCUT2D eigenvalue weighted by atomic mass is 10.0. The number of rotatable bonds is 3. The smallest absolute Gasteiger partial charge is 0.255 e. The number of thiophene rings is 1. The number of methoxy groups -OCH3 is 1. The minimum atomic E-state index is -0.580. The van der Waals surface area contributed by atoms with E-state index >= 15 is 0 Å². The number of carbonyl (C=O) groups is 2. The van der Waals surface area contributed by atoms with E-state index < -0.39 is 11.9 Å². The molecule has 2 amide bonds. The van der Waals surface area contributed by atoms with Gasteiger partial charge < -0.3 is 15.0 Å². The summed E-state index contributed by atoms with van der Waals surface area (Å²) in [7, 11) is 1.52. The second-order valence-electron chi connectivity index (χ2n) is 6.36. The first-order valence-corrected chi connectivity index (χ1v) is 9.52. The van der Waals surface area contributed by atoms with Gasteiger partial charge in [-0.15, -0.1) is 11.3 Å². The van der Waals surface area contributed by atoms with Gasteiger partial charge in [-0.1, -0.05) is 12.1 Å². The van der Waals surface area contributed by atoms with Gasteiger partial charge in [0, 0.05) is 21.7 Å². The van der Waals surface area contributed by atoms with Crippen molar-refractivity contribution in [3.05, 3.63) is 81.8 Å². The Labute approximate surface area is 165 Å². The molecule has 28 heavy (non-hydrogen) atoms. The summed E-state index contributed by atoms with van der Waals surface area (Å²) in [5, 5.41) is 4.67. The van der Waals surface area contributed by atoms with Crippen LogP contribution in [0.25, 0.3) is 0 Å². The number of benzene rings is 2. The molecule has 0 spiro atoms. The number of nitrogens with zero attached hydrogens (tertiary/aromatic N) is 1. The van der Waals surface area contributed by atoms with Gasteiger partial charge in [0.25, 0.3) is 5.91 Å². The molecule has 0 radical (unpaired) electrons. The molecule has 0 bridgehead atoms. The average molecular weight is 396 g/mol. The van der Waals surface area contributed by atoms with E-state index in [1.807, 2.05) is 17.5 Å². The molecule has 5 nitrogen and oxygen atoms in total. The molecular formula is C21H17FN2O3S. The number of nitrogens with one attached hydrogen (secondary N) is 1. The van der Waals surface area contributed by atoms with E-state index in [-0.39, 0.29) is 18.4 Å². The van der Waals surface area contributed by atoms with Crippen molar-refractivity contribution in [2.24, 2.45) is 0 Å². The van der Waals surface area contributed by atoms with Gasteiger partial charge >= 0.3 is 0 Å². The summed E-state index contributed by atoms with van der Waals surface area (Å²) in [4.78, 5) is 28.2. The molecule has 2 aromatic carbocycles. The molecule has 2 heterocycles. The van der Waals surface area contributed by atoms with Crippen molar-refractivity contribution in [1.82, 2.24) is 4.90 Å². The first-order chi connectivity index (χ1) is 13.6. The molecule has 1 N–H and O–H groups in total. The zero-order chi connectivity index (χ0) is 19.7. The number of hydrogen-bond donors (Lipinski definition) is 1. The average Bonchev–Trinajstić information content (AvgIpc) is 3.18. The number of carbonyl (C=O) groups excluding carboxylic acids is 2. The SMILES string of the molecule is COc1cccc(C(=O)N2CC(=O)Nc3ccc(F)cc3C2c2cccs2)c1. The predicted octanol–water partition coefficient (Wildman–Crippen LogP) is 4.08. The van der Waals surface area contributed by atoms with Gasteiger partial charge in [-0.3, -0.25) is 9.59 Å². The summed E-state index contributed by atoms with van der Waals surface area (Å²) in [6, 6.07) is 14.1. The molecule has 7 heteroatoms. The fourth-order valence-electron chi connectivity index (χ4n) is 3.34. The van der Waals surface area contributed by atoms with Gasteiger partial charge in [0.05, 0.1) is 13.2 Å². The van der Waals surface area contributed by atoms with Gasteiger partial charge in [0.2, 0.25) is 5.91 Å². The third kappa shape index (κ3) is 3.36. The van der Waals surface area contributed by atoms with E-state index in [9.17, 15) is 14.0 Å². The van der Waals surface area contributed by atoms with Crippen molar-refractivity contribution in [3.8, 4) is 5.75 Å². The van der Waals surface area contributed by atoms with Crippen LogP contribution in [0.15, 0.2) is 60.0 Å². The molecule has 1 unspecified atom stereocenters. The van der Waals surface area contributed by atoms with Gasteiger partial charge in [-0.25, -0.2) is 4.39 Å². The Morgan fingerprint density at radius 2 is 2.07 bits per heavy atom. The first kappa shape index (κ1) is 18.2. The van der Waals surface area contributed by atoms with Crippen LogP contribution in [0.3, 0.4) is 0 Å². The van der Waals surface area contributed by atoms with Gasteiger partial charge in [0.15, 0.2) is 0 Å². The summed E-state index contributed by atoms with van der Waals surface area (Å²) < 4.78 is 19.3. The highest BCUT2D eigenvalue weighted by Gasteiger charge is 2.34. The van der Waals surface area contributed by atoms with Crippen LogP contribution in [0.5, 0.6) is 5.75 Å². The largest absolute Gasteiger partial charge is 0.497 e. The molecule has 142 valence electrons. The van der Waals surface area contributed by atoms with Gasteiger partial charge in [-0.2, -0.15) is 0 Å². The maximum atomic E-state index is 14.1. The second kappa shape index (κ2) is 7.44. The third-order valence-electron chi connectivity index (χ3n) is 4.60. The maximum Gasteiger partial charge on any atom is 0.255 e. The van der Waals surface area contributed by atoms with Crippen LogP contribution < -0.4 is 10.1 Å². The Hall–Kier alpha value is -3.19. The van der Waals surface area contributed by atoms with Crippen molar-refractivity contribution < 1.29 is 18.7 Å². The predicted molar refractivity (Wildman–Crippen MR) is 105 cm³/mol. The van der Waals surface area contributed by atoms with Crippen LogP contribution in [0.2, 0.25) is 0 Å². The van der Waals surface area contributed by atoms with E-state index in [0.29, 0.717) is 22.6 Å². The van der Waals surface area contributed by atoms with E-state index in [4.69, 9.17) is 4.74 Å². The Balaban J connectivity index is 1.86. The quantitative estimate of drug-likeness (QED) is 0.726. The molecule has 1 atom stereocenters. The van der Waals surface area contributed by atoms with Crippen molar-refractivity contribution in [1.29, 1.82) is 0 Å². The number of ether oxygens (including phenoxy) is 1. The second-order valence-corrected chi connectivity index (χ2v) is 7.34. The maximum absolute atomic E-state index is 14.1. The van der Waals surface area contributed by atoms with Gasteiger partial charge in [0.1, 0.15) is 18.1 Å². The number of hydrogen-bond acceptors (Lipinski definition) is 4. The van der Waals surface area contributed by atoms with Crippen LogP contribution in [0.4, 0.5) is 10.1 Å². The first-order valence-electron chi connectivity index (χ1n) is 8.64. The summed E-state index contributed by atoms with van der Waals surface area (Å²) >= 11 is 1.45. The number of halogens is 1. The molecule has 1 aliphatic heterocycles. The lowest BCUT2D eigenvalue weighted by molar-refractivity contribution is -0.117. The molecule has 0 saturated heterocycles. The molecule has 4 rings (SSSR count). The number of anilines is 1. The van der Waals surface area contributed by atoms with Crippen molar-refractivity contribution in [2.45, 2.75) is 6.04 Å². The van der Waals surface area contributed by atoms with Crippen LogP contribution >= 0.6 is 11.3 Å². The summed E-state index contributed by atoms with van der Waals surface area (Å²) in [5.74, 6) is -0.540. The Morgan fingerprint density at radius 3 is 2.82 bits per heavy atom. The lowest BCUT2D eigenvalue weighted by Crippen LogP contribution is -2.38. The highest BCUT2D eigenvalue weighted by molar-refractivity contribution is 7.10. The molecule has 1 aliphatic rings. The highest BCUT2D eigenvalue weighted by Crippen LogP contribution is 2.38. The Morgan fingerprint density at radius 1 is 1.21 bits per heavy atom. The highest BCUT2D eigenvalue weighted by atomic mass is 32.1. The summed E-state index contributed by atoms with van der Waals surface area (Å²) in [6.45, 7) is -0.144. The van der Waals surface area contributed by atoms with E-state index in [0.717, 1.165) is 4.88 Å². The monoisotopic (exact) mass is 396 g/mol. The molecule has 0 aliphatic carbocycles. The normalized spacial score (nSPS) is 16.1. The third-order valence-corrected chi connectivity index (χ3v) is 5.52. The molecule has 3 aromatic rings. The number of amides is 2. The molecule has 1 aromatic heterocycles. The zero-order valence-electron chi connectivity index (χ0n) is 15.0. The van der Waals surface area contributed by atoms with Crippen molar-refractivity contribution in [3.63, 3.8) is 0 Å². The zero-order valence-corrected chi connectivity index (χ0v) is 15.8. The van der Waals surface area contributed by atoms with E-state index in [1.165, 1.54) is 41.5 Å². The van der Waals surface area contributed by atoms with Gasteiger partial charge in [-0.05, 0) is 47.8 Å². The van der Waals surface area contributed by atoms with Crippen molar-refractivity contribution in [2.75, 3.05) is 19.0 Å². The molecule has 0 saturated carbocycles. The lowest BCUT2D eigenvalue weighted by Gasteiger charge is -2.29. The van der Waals surface area contributed by atoms with E-state index in [2.05, 4.69) is 5.32 Å². The Kier molecular flexibility index (Phi) is 4.83. The Bertz CT molecular complexity index is 1040. The molecule has 0 fully saturated rings. The minimum Gasteiger partial charge on any atom is -0.497 e. The standard InChI is InChI=1S/C21H17FN2O3S/c1-27-15-5-2-4-13(10-15)21(26)24-12-19(25)23-17-8-7-14(22)11-16(17)20(24)18-6-3-9-28-18/h2-11,20H,12H2,1H3,(H,23,25). The van der Waals surface area contributed by atoms with Crippen LogP contribution in [0.1, 0.15) is 26.8 Å². The fourth-order valence-corrected chi connectivity index (χ4v) is 4.20. The van der Waals surface area contributed by atoms with Crippen LogP contribution in [0, 0.1) is 5.82 Å². The van der Waals surface area contributed by atoms with Crippen LogP contribution in [-0.2, 0) is 4.79 Å². The topological polar surface area (TPSA) is 58.6 Å². The summed E-state index contributed by atoms with van der Waals surface area (Å²) in [5.41, 5.74) is 1.45. The summed E-state index contributed by atoms with van der Waals surface area (Å²) in [6.07, 6.45) is 0. The molecular weight excluding hydrogens is 379 g/mol. The van der Waals surface area contributed by atoms with E-state index in [1.54, 1.807) is 24.3 Å². The minimum absolute atomic E-state index is 0.144.